The van der Waals surface area contributed by atoms with Crippen LogP contribution in [-0.2, 0) is 5.41 Å². The Bertz CT molecular complexity index is 2650. The first kappa shape index (κ1) is 35.3. The van der Waals surface area contributed by atoms with Crippen LogP contribution in [0.15, 0.2) is 133 Å². The van der Waals surface area contributed by atoms with Gasteiger partial charge in [-0.15, -0.1) is 0 Å². The maximum absolute atomic E-state index is 9.65. The van der Waals surface area contributed by atoms with Crippen LogP contribution in [0.25, 0.3) is 67.2 Å². The molecule has 4 atom stereocenters. The highest BCUT2D eigenvalue weighted by Crippen LogP contribution is 2.55. The Hall–Kier alpha value is -6.43. The average molecular weight is 726 g/mol. The Labute approximate surface area is 329 Å². The summed E-state index contributed by atoms with van der Waals surface area (Å²) in [6, 6.07) is 50.2. The summed E-state index contributed by atoms with van der Waals surface area (Å²) in [4.78, 5) is 15.1. The van der Waals surface area contributed by atoms with Crippen LogP contribution in [0.2, 0.25) is 0 Å². The van der Waals surface area contributed by atoms with Crippen molar-refractivity contribution in [1.82, 2.24) is 15.0 Å². The number of aromatic nitrogens is 3. The predicted molar refractivity (Wildman–Crippen MR) is 225 cm³/mol. The fourth-order valence-corrected chi connectivity index (χ4v) is 9.80. The van der Waals surface area contributed by atoms with Crippen molar-refractivity contribution in [2.75, 3.05) is 0 Å². The molecule has 0 saturated heterocycles. The van der Waals surface area contributed by atoms with E-state index in [2.05, 4.69) is 86.6 Å². The van der Waals surface area contributed by atoms with Crippen LogP contribution in [0.4, 0.5) is 0 Å². The molecule has 0 aliphatic heterocycles. The molecule has 0 spiro atoms. The van der Waals surface area contributed by atoms with E-state index in [0.29, 0.717) is 28.6 Å². The first-order valence-electron chi connectivity index (χ1n) is 19.9. The molecule has 0 N–H and O–H groups in total. The Kier molecular flexibility index (Phi) is 9.24. The van der Waals surface area contributed by atoms with E-state index in [4.69, 9.17) is 15.0 Å². The number of hydrogen-bond acceptors (Lipinski definition) is 5. The lowest BCUT2D eigenvalue weighted by Gasteiger charge is -2.51. The molecule has 2 bridgehead atoms. The van der Waals surface area contributed by atoms with Crippen molar-refractivity contribution in [3.63, 3.8) is 0 Å². The number of nitriles is 2. The van der Waals surface area contributed by atoms with Crippen LogP contribution >= 0.6 is 0 Å². The minimum Gasteiger partial charge on any atom is -0.208 e. The topological polar surface area (TPSA) is 86.2 Å². The maximum atomic E-state index is 9.65. The van der Waals surface area contributed by atoms with Gasteiger partial charge in [-0.05, 0) is 155 Å². The molecule has 2 fully saturated rings. The van der Waals surface area contributed by atoms with E-state index in [9.17, 15) is 10.5 Å². The molecule has 9 rings (SSSR count). The summed E-state index contributed by atoms with van der Waals surface area (Å²) in [5.41, 5.74) is 9.87. The minimum atomic E-state index is 0.265. The van der Waals surface area contributed by atoms with Gasteiger partial charge >= 0.3 is 0 Å². The average Bonchev–Trinajstić information content (AvgIpc) is 3.25. The van der Waals surface area contributed by atoms with E-state index >= 15 is 0 Å². The molecule has 5 heteroatoms. The monoisotopic (exact) mass is 725 g/mol. The van der Waals surface area contributed by atoms with E-state index in [1.165, 1.54) is 44.1 Å². The molecule has 1 heterocycles. The van der Waals surface area contributed by atoms with Crippen LogP contribution in [-0.4, -0.2) is 15.0 Å². The largest absolute Gasteiger partial charge is 0.208 e. The Balaban J connectivity index is 1.19. The zero-order chi connectivity index (χ0) is 38.2. The second-order valence-electron chi connectivity index (χ2n) is 16.2. The van der Waals surface area contributed by atoms with Gasteiger partial charge in [0.05, 0.1) is 23.3 Å². The van der Waals surface area contributed by atoms with E-state index < -0.39 is 0 Å². The third-order valence-corrected chi connectivity index (χ3v) is 12.3. The molecule has 272 valence electrons. The first-order chi connectivity index (χ1) is 27.4. The fraction of sp³-hybridized carbons (Fsp3) is 0.235. The van der Waals surface area contributed by atoms with Crippen LogP contribution in [0, 0.1) is 40.4 Å². The van der Waals surface area contributed by atoms with Crippen molar-refractivity contribution in [3.05, 3.63) is 150 Å². The van der Waals surface area contributed by atoms with Crippen LogP contribution in [0.5, 0.6) is 0 Å². The molecular formula is C51H43N5. The van der Waals surface area contributed by atoms with Crippen molar-refractivity contribution in [2.45, 2.75) is 57.8 Å². The number of nitrogens with zero attached hydrogens (tertiary/aromatic N) is 5. The standard InChI is InChI=1S/C51H43N5/c1-3-34-22-37-21-33(2)28-51(29-34,30-37)47-19-17-39(18-20-47)44-25-45(42-16-15-38-12-11-36(32-53)23-43(38)24-42)27-46(26-44)50-55-48(40-7-5-4-6-8-40)54-49(56-50)41-13-9-35(31-52)10-14-41/h4-20,23-27,33-34,37H,3,21-22,28-30H2,1-2H3/t33-,34+,37-,51?/m0/s1. The Morgan fingerprint density at radius 2 is 1.12 bits per heavy atom. The molecular weight excluding hydrogens is 683 g/mol. The zero-order valence-corrected chi connectivity index (χ0v) is 31.9. The Morgan fingerprint density at radius 1 is 0.536 bits per heavy atom. The minimum absolute atomic E-state index is 0.265. The summed E-state index contributed by atoms with van der Waals surface area (Å²) in [5.74, 6) is 4.09. The second-order valence-corrected chi connectivity index (χ2v) is 16.2. The van der Waals surface area contributed by atoms with Crippen molar-refractivity contribution < 1.29 is 0 Å². The molecule has 6 aromatic carbocycles. The smallest absolute Gasteiger partial charge is 0.164 e. The van der Waals surface area contributed by atoms with Gasteiger partial charge in [0.1, 0.15) is 0 Å². The van der Waals surface area contributed by atoms with Gasteiger partial charge in [0.25, 0.3) is 0 Å². The maximum Gasteiger partial charge on any atom is 0.164 e. The van der Waals surface area contributed by atoms with E-state index in [1.54, 1.807) is 12.1 Å². The highest BCUT2D eigenvalue weighted by atomic mass is 15.0. The molecule has 1 aromatic heterocycles. The van der Waals surface area contributed by atoms with E-state index in [1.807, 2.05) is 60.7 Å². The van der Waals surface area contributed by atoms with Gasteiger partial charge in [-0.25, -0.2) is 15.0 Å². The molecule has 1 unspecified atom stereocenters. The molecule has 0 amide bonds. The molecule has 5 nitrogen and oxygen atoms in total. The van der Waals surface area contributed by atoms with Gasteiger partial charge < -0.3 is 0 Å². The van der Waals surface area contributed by atoms with Gasteiger partial charge in [0.2, 0.25) is 0 Å². The van der Waals surface area contributed by atoms with Gasteiger partial charge in [-0.1, -0.05) is 93.1 Å². The second kappa shape index (κ2) is 14.7. The molecule has 56 heavy (non-hydrogen) atoms. The third kappa shape index (κ3) is 6.87. The first-order valence-corrected chi connectivity index (χ1v) is 19.9. The number of fused-ring (bicyclic) bond motifs is 3. The highest BCUT2D eigenvalue weighted by Gasteiger charge is 2.45. The number of rotatable bonds is 7. The molecule has 0 radical (unpaired) electrons. The lowest BCUT2D eigenvalue weighted by Crippen LogP contribution is -2.42. The molecule has 2 aliphatic carbocycles. The van der Waals surface area contributed by atoms with Crippen molar-refractivity contribution in [2.24, 2.45) is 17.8 Å². The summed E-state index contributed by atoms with van der Waals surface area (Å²) in [5, 5.41) is 21.2. The van der Waals surface area contributed by atoms with E-state index in [0.717, 1.165) is 67.5 Å². The lowest BCUT2D eigenvalue weighted by atomic mass is 9.54. The summed E-state index contributed by atoms with van der Waals surface area (Å²) >= 11 is 0. The summed E-state index contributed by atoms with van der Waals surface area (Å²) < 4.78 is 0. The van der Waals surface area contributed by atoms with Gasteiger partial charge in [-0.2, -0.15) is 10.5 Å². The van der Waals surface area contributed by atoms with Crippen LogP contribution in [0.3, 0.4) is 0 Å². The zero-order valence-electron chi connectivity index (χ0n) is 31.9. The predicted octanol–water partition coefficient (Wildman–Crippen LogP) is 12.6. The van der Waals surface area contributed by atoms with E-state index in [-0.39, 0.29) is 5.41 Å². The number of hydrogen-bond donors (Lipinski definition) is 0. The Morgan fingerprint density at radius 3 is 1.82 bits per heavy atom. The quantitative estimate of drug-likeness (QED) is 0.163. The fourth-order valence-electron chi connectivity index (χ4n) is 9.80. The summed E-state index contributed by atoms with van der Waals surface area (Å²) in [6.45, 7) is 4.83. The lowest BCUT2D eigenvalue weighted by molar-refractivity contribution is 0.0702. The van der Waals surface area contributed by atoms with Gasteiger partial charge in [-0.3, -0.25) is 0 Å². The van der Waals surface area contributed by atoms with Gasteiger partial charge in [0.15, 0.2) is 17.5 Å². The third-order valence-electron chi connectivity index (χ3n) is 12.3. The highest BCUT2D eigenvalue weighted by molar-refractivity contribution is 5.90. The summed E-state index contributed by atoms with van der Waals surface area (Å²) in [7, 11) is 0. The number of benzene rings is 6. The SMILES string of the molecule is CC[C@@H]1C[C@@H]2C[C@H](C)CC(c3ccc(-c4cc(-c5ccc6ccc(C#N)cc6c5)cc(-c5nc(-c6ccccc6)nc(-c6ccc(C#N)cc6)n5)c4)cc3)(C1)C2. The van der Waals surface area contributed by atoms with Crippen molar-refractivity contribution >= 4 is 10.8 Å². The normalized spacial score (nSPS) is 20.2. The van der Waals surface area contributed by atoms with Gasteiger partial charge in [0, 0.05) is 16.7 Å². The van der Waals surface area contributed by atoms with Crippen LogP contribution < -0.4 is 0 Å². The van der Waals surface area contributed by atoms with Crippen molar-refractivity contribution in [3.8, 4) is 68.6 Å². The molecule has 2 saturated carbocycles. The molecule has 7 aromatic rings. The molecule has 2 aliphatic rings. The van der Waals surface area contributed by atoms with Crippen LogP contribution in [0.1, 0.15) is 69.1 Å². The van der Waals surface area contributed by atoms with Crippen molar-refractivity contribution in [1.29, 1.82) is 10.5 Å². The summed E-state index contributed by atoms with van der Waals surface area (Å²) in [6.07, 6.45) is 7.91.